The summed E-state index contributed by atoms with van der Waals surface area (Å²) >= 11 is 3.34. The summed E-state index contributed by atoms with van der Waals surface area (Å²) in [6, 6.07) is 16.3. The molecule has 120 valence electrons. The van der Waals surface area contributed by atoms with Crippen molar-refractivity contribution in [2.45, 2.75) is 12.8 Å². The van der Waals surface area contributed by atoms with E-state index >= 15 is 0 Å². The molecule has 0 spiro atoms. The van der Waals surface area contributed by atoms with Crippen LogP contribution >= 0.6 is 15.9 Å². The highest BCUT2D eigenvalue weighted by atomic mass is 79.9. The molecule has 2 aromatic carbocycles. The van der Waals surface area contributed by atoms with Crippen molar-refractivity contribution < 1.29 is 19.1 Å². The normalized spacial score (nSPS) is 10.1. The van der Waals surface area contributed by atoms with E-state index in [1.165, 1.54) is 0 Å². The molecule has 2 rings (SSSR count). The van der Waals surface area contributed by atoms with Crippen LogP contribution in [0.15, 0.2) is 59.1 Å². The molecule has 0 atom stereocenters. The van der Waals surface area contributed by atoms with Gasteiger partial charge in [-0.1, -0.05) is 46.3 Å². The minimum atomic E-state index is -0.395. The van der Waals surface area contributed by atoms with Gasteiger partial charge in [-0.3, -0.25) is 9.59 Å². The first-order valence-corrected chi connectivity index (χ1v) is 8.06. The van der Waals surface area contributed by atoms with Gasteiger partial charge in [-0.15, -0.1) is 0 Å². The molecule has 0 amide bonds. The number of benzene rings is 2. The second-order valence-electron chi connectivity index (χ2n) is 4.81. The van der Waals surface area contributed by atoms with E-state index in [0.717, 1.165) is 4.47 Å². The summed E-state index contributed by atoms with van der Waals surface area (Å²) in [5.74, 6) is 0.255. The van der Waals surface area contributed by atoms with Crippen molar-refractivity contribution in [3.05, 3.63) is 64.6 Å². The molecule has 0 aliphatic rings. The minimum Gasteiger partial charge on any atom is -0.490 e. The fraction of sp³-hybridized carbons (Fsp3) is 0.222. The quantitative estimate of drug-likeness (QED) is 0.396. The largest absolute Gasteiger partial charge is 0.490 e. The number of ketones is 1. The van der Waals surface area contributed by atoms with Gasteiger partial charge in [0.25, 0.3) is 0 Å². The molecule has 0 aromatic heterocycles. The standard InChI is InChI=1S/C18H17BrO4/c19-15-6-8-16(9-7-15)22-12-13-23-18(21)11-10-17(20)14-4-2-1-3-5-14/h1-9H,10-13H2. The first kappa shape index (κ1) is 17.2. The van der Waals surface area contributed by atoms with Gasteiger partial charge in [-0.2, -0.15) is 0 Å². The molecule has 23 heavy (non-hydrogen) atoms. The summed E-state index contributed by atoms with van der Waals surface area (Å²) in [5.41, 5.74) is 0.610. The number of carbonyl (C=O) groups is 2. The van der Waals surface area contributed by atoms with Crippen molar-refractivity contribution >= 4 is 27.7 Å². The van der Waals surface area contributed by atoms with Crippen molar-refractivity contribution in [2.75, 3.05) is 13.2 Å². The summed E-state index contributed by atoms with van der Waals surface area (Å²) in [6.07, 6.45) is 0.225. The lowest BCUT2D eigenvalue weighted by Gasteiger charge is -2.07. The van der Waals surface area contributed by atoms with Crippen LogP contribution < -0.4 is 4.74 Å². The average molecular weight is 377 g/mol. The Morgan fingerprint density at radius 1 is 0.870 bits per heavy atom. The zero-order chi connectivity index (χ0) is 16.5. The van der Waals surface area contributed by atoms with Crippen LogP contribution in [0.2, 0.25) is 0 Å². The molecule has 0 saturated heterocycles. The predicted molar refractivity (Wildman–Crippen MR) is 90.6 cm³/mol. The molecular formula is C18H17BrO4. The zero-order valence-corrected chi connectivity index (χ0v) is 14.1. The second-order valence-corrected chi connectivity index (χ2v) is 5.73. The Bertz CT molecular complexity index is 638. The Labute approximate surface area is 143 Å². The number of Topliss-reactive ketones (excluding diaryl/α,β-unsaturated/α-hetero) is 1. The van der Waals surface area contributed by atoms with Gasteiger partial charge in [0.05, 0.1) is 6.42 Å². The van der Waals surface area contributed by atoms with Crippen molar-refractivity contribution in [3.8, 4) is 5.75 Å². The van der Waals surface area contributed by atoms with E-state index in [1.807, 2.05) is 30.3 Å². The molecule has 5 heteroatoms. The molecule has 0 aliphatic heterocycles. The Hall–Kier alpha value is -2.14. The summed E-state index contributed by atoms with van der Waals surface area (Å²) in [5, 5.41) is 0. The van der Waals surface area contributed by atoms with Crippen LogP contribution in [0.5, 0.6) is 5.75 Å². The van der Waals surface area contributed by atoms with Gasteiger partial charge >= 0.3 is 5.97 Å². The Morgan fingerprint density at radius 3 is 2.26 bits per heavy atom. The fourth-order valence-corrected chi connectivity index (χ4v) is 2.17. The first-order chi connectivity index (χ1) is 11.1. The molecule has 0 aliphatic carbocycles. The van der Waals surface area contributed by atoms with Gasteiger partial charge in [0.15, 0.2) is 5.78 Å². The van der Waals surface area contributed by atoms with Gasteiger partial charge in [-0.05, 0) is 24.3 Å². The number of hydrogen-bond acceptors (Lipinski definition) is 4. The highest BCUT2D eigenvalue weighted by molar-refractivity contribution is 9.10. The van der Waals surface area contributed by atoms with Crippen LogP contribution in [0, 0.1) is 0 Å². The van der Waals surface area contributed by atoms with Gasteiger partial charge in [0.1, 0.15) is 19.0 Å². The van der Waals surface area contributed by atoms with Crippen LogP contribution in [-0.2, 0) is 9.53 Å². The topological polar surface area (TPSA) is 52.6 Å². The third kappa shape index (κ3) is 6.24. The van der Waals surface area contributed by atoms with E-state index in [1.54, 1.807) is 24.3 Å². The summed E-state index contributed by atoms with van der Waals surface area (Å²) < 4.78 is 11.5. The van der Waals surface area contributed by atoms with Gasteiger partial charge in [-0.25, -0.2) is 0 Å². The van der Waals surface area contributed by atoms with E-state index < -0.39 is 5.97 Å². The van der Waals surface area contributed by atoms with Gasteiger partial charge in [0, 0.05) is 16.5 Å². The van der Waals surface area contributed by atoms with Crippen molar-refractivity contribution in [1.29, 1.82) is 0 Å². The average Bonchev–Trinajstić information content (AvgIpc) is 2.59. The lowest BCUT2D eigenvalue weighted by atomic mass is 10.1. The molecule has 0 bridgehead atoms. The molecule has 0 N–H and O–H groups in total. The Kier molecular flexibility index (Phi) is 6.81. The van der Waals surface area contributed by atoms with Gasteiger partial charge in [0.2, 0.25) is 0 Å². The number of rotatable bonds is 8. The van der Waals surface area contributed by atoms with E-state index in [9.17, 15) is 9.59 Å². The maximum Gasteiger partial charge on any atom is 0.306 e. The molecular weight excluding hydrogens is 360 g/mol. The first-order valence-electron chi connectivity index (χ1n) is 7.27. The second kappa shape index (κ2) is 9.10. The number of halogens is 1. The van der Waals surface area contributed by atoms with E-state index in [0.29, 0.717) is 11.3 Å². The van der Waals surface area contributed by atoms with Crippen LogP contribution in [-0.4, -0.2) is 25.0 Å². The molecule has 0 radical (unpaired) electrons. The van der Waals surface area contributed by atoms with Crippen molar-refractivity contribution in [3.63, 3.8) is 0 Å². The van der Waals surface area contributed by atoms with Crippen molar-refractivity contribution in [1.82, 2.24) is 0 Å². The maximum absolute atomic E-state index is 11.9. The maximum atomic E-state index is 11.9. The van der Waals surface area contributed by atoms with Crippen LogP contribution in [0.4, 0.5) is 0 Å². The highest BCUT2D eigenvalue weighted by Gasteiger charge is 2.09. The smallest absolute Gasteiger partial charge is 0.306 e. The summed E-state index contributed by atoms with van der Waals surface area (Å²) in [6.45, 7) is 0.439. The van der Waals surface area contributed by atoms with Crippen LogP contribution in [0.25, 0.3) is 0 Å². The molecule has 2 aromatic rings. The molecule has 0 heterocycles. The predicted octanol–water partition coefficient (Wildman–Crippen LogP) is 4.03. The highest BCUT2D eigenvalue weighted by Crippen LogP contribution is 2.15. The third-order valence-corrected chi connectivity index (χ3v) is 3.61. The molecule has 0 unspecified atom stereocenters. The van der Waals surface area contributed by atoms with E-state index in [2.05, 4.69) is 15.9 Å². The molecule has 0 saturated carbocycles. The number of ether oxygens (including phenoxy) is 2. The number of esters is 1. The lowest BCUT2D eigenvalue weighted by molar-refractivity contribution is -0.144. The Balaban J connectivity index is 1.62. The SMILES string of the molecule is O=C(CCC(=O)c1ccccc1)OCCOc1ccc(Br)cc1. The molecule has 4 nitrogen and oxygen atoms in total. The van der Waals surface area contributed by atoms with E-state index in [-0.39, 0.29) is 31.8 Å². The minimum absolute atomic E-state index is 0.0614. The summed E-state index contributed by atoms with van der Waals surface area (Å²) in [7, 11) is 0. The van der Waals surface area contributed by atoms with Crippen molar-refractivity contribution in [2.24, 2.45) is 0 Å². The molecule has 0 fully saturated rings. The third-order valence-electron chi connectivity index (χ3n) is 3.08. The Morgan fingerprint density at radius 2 is 1.57 bits per heavy atom. The van der Waals surface area contributed by atoms with Crippen LogP contribution in [0.3, 0.4) is 0 Å². The summed E-state index contributed by atoms with van der Waals surface area (Å²) in [4.78, 5) is 23.5. The number of hydrogen-bond donors (Lipinski definition) is 0. The monoisotopic (exact) mass is 376 g/mol. The number of carbonyl (C=O) groups excluding carboxylic acids is 2. The zero-order valence-electron chi connectivity index (χ0n) is 12.5. The lowest BCUT2D eigenvalue weighted by Crippen LogP contribution is -2.13. The fourth-order valence-electron chi connectivity index (χ4n) is 1.90. The van der Waals surface area contributed by atoms with Crippen LogP contribution in [0.1, 0.15) is 23.2 Å². The van der Waals surface area contributed by atoms with E-state index in [4.69, 9.17) is 9.47 Å². The van der Waals surface area contributed by atoms with Gasteiger partial charge < -0.3 is 9.47 Å².